The molecule has 8 heteroatoms. The summed E-state index contributed by atoms with van der Waals surface area (Å²) in [6, 6.07) is 6.93. The standard InChI is InChI=1S/C17H21N5O3/c1-10-13(15(23)25-17(2,3)4)14(22-16(18-10)19-20-21-22)11-8-6-7-9-12(11)24-5/h6-9,14H,1-5H3,(H,18,19,21)/t14-/m1/s1. The van der Waals surface area contributed by atoms with E-state index in [2.05, 4.69) is 20.8 Å². The highest BCUT2D eigenvalue weighted by atomic mass is 16.6. The second-order valence-electron chi connectivity index (χ2n) is 6.76. The smallest absolute Gasteiger partial charge is 0.338 e. The molecule has 25 heavy (non-hydrogen) atoms. The van der Waals surface area contributed by atoms with E-state index in [9.17, 15) is 4.79 Å². The van der Waals surface area contributed by atoms with Crippen LogP contribution in [0.2, 0.25) is 0 Å². The molecule has 8 nitrogen and oxygen atoms in total. The summed E-state index contributed by atoms with van der Waals surface area (Å²) in [7, 11) is 1.59. The van der Waals surface area contributed by atoms with Crippen molar-refractivity contribution in [2.24, 2.45) is 0 Å². The fraction of sp³-hybridized carbons (Fsp3) is 0.412. The van der Waals surface area contributed by atoms with Gasteiger partial charge in [0, 0.05) is 11.3 Å². The highest BCUT2D eigenvalue weighted by Gasteiger charge is 2.37. The van der Waals surface area contributed by atoms with Crippen molar-refractivity contribution in [3.05, 3.63) is 41.1 Å². The number of anilines is 1. The summed E-state index contributed by atoms with van der Waals surface area (Å²) in [6.07, 6.45) is 0. The molecule has 1 aromatic heterocycles. The molecule has 0 bridgehead atoms. The van der Waals surface area contributed by atoms with E-state index in [0.717, 1.165) is 5.56 Å². The first-order valence-corrected chi connectivity index (χ1v) is 7.93. The quantitative estimate of drug-likeness (QED) is 0.855. The van der Waals surface area contributed by atoms with Crippen LogP contribution in [0.15, 0.2) is 35.5 Å². The van der Waals surface area contributed by atoms with Crippen molar-refractivity contribution >= 4 is 11.9 Å². The van der Waals surface area contributed by atoms with Crippen LogP contribution in [0.3, 0.4) is 0 Å². The van der Waals surface area contributed by atoms with Crippen molar-refractivity contribution in [3.63, 3.8) is 0 Å². The number of fused-ring (bicyclic) bond motifs is 1. The molecule has 0 unspecified atom stereocenters. The summed E-state index contributed by atoms with van der Waals surface area (Å²) in [5, 5.41) is 14.8. The first kappa shape index (κ1) is 16.9. The second kappa shape index (κ2) is 6.19. The number of tetrazole rings is 1. The molecule has 1 N–H and O–H groups in total. The second-order valence-corrected chi connectivity index (χ2v) is 6.76. The van der Waals surface area contributed by atoms with Crippen LogP contribution >= 0.6 is 0 Å². The third-order valence-electron chi connectivity index (χ3n) is 3.77. The molecule has 0 radical (unpaired) electrons. The number of hydrogen-bond donors (Lipinski definition) is 1. The number of allylic oxidation sites excluding steroid dienone is 1. The van der Waals surface area contributed by atoms with E-state index in [1.54, 1.807) is 18.7 Å². The Hall–Kier alpha value is -2.90. The minimum absolute atomic E-state index is 0.422. The number of ether oxygens (including phenoxy) is 2. The molecular weight excluding hydrogens is 322 g/mol. The summed E-state index contributed by atoms with van der Waals surface area (Å²) >= 11 is 0. The van der Waals surface area contributed by atoms with Gasteiger partial charge >= 0.3 is 5.97 Å². The molecule has 1 aromatic carbocycles. The fourth-order valence-electron chi connectivity index (χ4n) is 2.79. The number of esters is 1. The molecule has 0 saturated heterocycles. The molecule has 3 rings (SSSR count). The van der Waals surface area contributed by atoms with E-state index in [4.69, 9.17) is 9.47 Å². The predicted molar refractivity (Wildman–Crippen MR) is 91.1 cm³/mol. The number of nitrogens with one attached hydrogen (secondary N) is 1. The van der Waals surface area contributed by atoms with Gasteiger partial charge in [0.15, 0.2) is 0 Å². The topological polar surface area (TPSA) is 91.2 Å². The Morgan fingerprint density at radius 2 is 2.00 bits per heavy atom. The number of aromatic nitrogens is 4. The summed E-state index contributed by atoms with van der Waals surface area (Å²) < 4.78 is 12.6. The zero-order valence-electron chi connectivity index (χ0n) is 14.9. The van der Waals surface area contributed by atoms with Crippen LogP contribution in [0.5, 0.6) is 5.75 Å². The van der Waals surface area contributed by atoms with Crippen LogP contribution in [-0.2, 0) is 9.53 Å². The minimum Gasteiger partial charge on any atom is -0.496 e. The number of carbonyl (C=O) groups excluding carboxylic acids is 1. The number of benzene rings is 1. The molecule has 0 amide bonds. The summed E-state index contributed by atoms with van der Waals surface area (Å²) in [4.78, 5) is 12.9. The maximum atomic E-state index is 12.9. The van der Waals surface area contributed by atoms with Crippen molar-refractivity contribution < 1.29 is 14.3 Å². The van der Waals surface area contributed by atoms with Crippen LogP contribution in [-0.4, -0.2) is 38.9 Å². The molecular formula is C17H21N5O3. The van der Waals surface area contributed by atoms with Crippen molar-refractivity contribution in [1.29, 1.82) is 0 Å². The van der Waals surface area contributed by atoms with Gasteiger partial charge in [0.05, 0.1) is 12.7 Å². The molecule has 2 aromatic rings. The van der Waals surface area contributed by atoms with Crippen LogP contribution < -0.4 is 10.1 Å². The number of methoxy groups -OCH3 is 1. The van der Waals surface area contributed by atoms with Gasteiger partial charge < -0.3 is 14.8 Å². The van der Waals surface area contributed by atoms with E-state index in [-0.39, 0.29) is 0 Å². The fourth-order valence-corrected chi connectivity index (χ4v) is 2.79. The molecule has 132 valence electrons. The molecule has 1 aliphatic rings. The zero-order chi connectivity index (χ0) is 18.2. The zero-order valence-corrected chi connectivity index (χ0v) is 14.9. The number of nitrogens with zero attached hydrogens (tertiary/aromatic N) is 4. The Labute approximate surface area is 145 Å². The average Bonchev–Trinajstić information content (AvgIpc) is 2.99. The third-order valence-corrected chi connectivity index (χ3v) is 3.77. The molecule has 1 aliphatic heterocycles. The largest absolute Gasteiger partial charge is 0.496 e. The Morgan fingerprint density at radius 3 is 2.68 bits per heavy atom. The monoisotopic (exact) mass is 343 g/mol. The first-order chi connectivity index (χ1) is 11.8. The van der Waals surface area contributed by atoms with Gasteiger partial charge in [0.1, 0.15) is 17.4 Å². The molecule has 1 atom stereocenters. The van der Waals surface area contributed by atoms with E-state index >= 15 is 0 Å². The van der Waals surface area contributed by atoms with Gasteiger partial charge in [0.25, 0.3) is 0 Å². The van der Waals surface area contributed by atoms with Crippen LogP contribution in [0.4, 0.5) is 5.95 Å². The SMILES string of the molecule is COc1ccccc1[C@@H]1C(C(=O)OC(C)(C)C)=C(C)Nc2nnnn21. The van der Waals surface area contributed by atoms with Crippen molar-refractivity contribution in [1.82, 2.24) is 20.2 Å². The van der Waals surface area contributed by atoms with Crippen molar-refractivity contribution in [2.75, 3.05) is 12.4 Å². The predicted octanol–water partition coefficient (Wildman–Crippen LogP) is 2.31. The molecule has 0 spiro atoms. The summed E-state index contributed by atoms with van der Waals surface area (Å²) in [5.41, 5.74) is 1.25. The molecule has 0 fully saturated rings. The first-order valence-electron chi connectivity index (χ1n) is 7.93. The van der Waals surface area contributed by atoms with Crippen molar-refractivity contribution in [3.8, 4) is 5.75 Å². The lowest BCUT2D eigenvalue weighted by molar-refractivity contribution is -0.150. The lowest BCUT2D eigenvalue weighted by atomic mass is 9.95. The van der Waals surface area contributed by atoms with Gasteiger partial charge in [-0.1, -0.05) is 23.3 Å². The number of para-hydroxylation sites is 1. The van der Waals surface area contributed by atoms with Gasteiger partial charge in [-0.05, 0) is 44.2 Å². The van der Waals surface area contributed by atoms with Crippen LogP contribution in [0.1, 0.15) is 39.3 Å². The number of carbonyl (C=O) groups is 1. The lowest BCUT2D eigenvalue weighted by Crippen LogP contribution is -2.33. The Morgan fingerprint density at radius 1 is 1.28 bits per heavy atom. The lowest BCUT2D eigenvalue weighted by Gasteiger charge is -2.30. The summed E-state index contributed by atoms with van der Waals surface area (Å²) in [6.45, 7) is 7.30. The van der Waals surface area contributed by atoms with Gasteiger partial charge in [0.2, 0.25) is 5.95 Å². The van der Waals surface area contributed by atoms with Gasteiger partial charge in [-0.3, -0.25) is 0 Å². The summed E-state index contributed by atoms with van der Waals surface area (Å²) in [5.74, 6) is 0.681. The van der Waals surface area contributed by atoms with Crippen molar-refractivity contribution in [2.45, 2.75) is 39.3 Å². The third kappa shape index (κ3) is 3.19. The normalized spacial score (nSPS) is 16.9. The maximum Gasteiger partial charge on any atom is 0.338 e. The Bertz CT molecular complexity index is 835. The van der Waals surface area contributed by atoms with E-state index < -0.39 is 17.6 Å². The van der Waals surface area contributed by atoms with E-state index in [1.807, 2.05) is 45.0 Å². The molecule has 0 aliphatic carbocycles. The van der Waals surface area contributed by atoms with E-state index in [1.165, 1.54) is 0 Å². The highest BCUT2D eigenvalue weighted by molar-refractivity contribution is 5.92. The molecule has 2 heterocycles. The Balaban J connectivity index is 2.15. The van der Waals surface area contributed by atoms with Crippen LogP contribution in [0, 0.1) is 0 Å². The molecule has 0 saturated carbocycles. The van der Waals surface area contributed by atoms with Gasteiger partial charge in [-0.2, -0.15) is 4.68 Å². The van der Waals surface area contributed by atoms with Gasteiger partial charge in [-0.25, -0.2) is 4.79 Å². The highest BCUT2D eigenvalue weighted by Crippen LogP contribution is 2.39. The van der Waals surface area contributed by atoms with Gasteiger partial charge in [-0.15, -0.1) is 0 Å². The average molecular weight is 343 g/mol. The number of rotatable bonds is 3. The Kier molecular flexibility index (Phi) is 4.20. The minimum atomic E-state index is -0.615. The number of hydrogen-bond acceptors (Lipinski definition) is 7. The van der Waals surface area contributed by atoms with E-state index in [0.29, 0.717) is 23.0 Å². The maximum absolute atomic E-state index is 12.9. The van der Waals surface area contributed by atoms with Crippen LogP contribution in [0.25, 0.3) is 0 Å².